The second-order valence-corrected chi connectivity index (χ2v) is 3.65. The van der Waals surface area contributed by atoms with Gasteiger partial charge in [-0.05, 0) is 6.08 Å². The monoisotopic (exact) mass is 208 g/mol. The van der Waals surface area contributed by atoms with E-state index in [1.54, 1.807) is 11.3 Å². The van der Waals surface area contributed by atoms with Gasteiger partial charge in [-0.2, -0.15) is 0 Å². The number of nitrogens with zero attached hydrogens (tertiary/aromatic N) is 1. The first-order chi connectivity index (χ1) is 6.90. The molecule has 0 saturated heterocycles. The molecule has 1 aliphatic carbocycles. The van der Waals surface area contributed by atoms with E-state index < -0.39 is 0 Å². The fourth-order valence-electron chi connectivity index (χ4n) is 1.15. The van der Waals surface area contributed by atoms with Gasteiger partial charge in [-0.1, -0.05) is 32.1 Å². The van der Waals surface area contributed by atoms with Gasteiger partial charge in [0, 0.05) is 18.3 Å². The van der Waals surface area contributed by atoms with Crippen LogP contribution in [0.25, 0.3) is 6.08 Å². The van der Waals surface area contributed by atoms with Crippen molar-refractivity contribution < 1.29 is 0 Å². The fourth-order valence-corrected chi connectivity index (χ4v) is 2.02. The van der Waals surface area contributed by atoms with E-state index in [0.29, 0.717) is 0 Å². The smallest absolute Gasteiger partial charge is 0.183 e. The van der Waals surface area contributed by atoms with Gasteiger partial charge in [0.2, 0.25) is 0 Å². The Bertz CT molecular complexity index is 337. The molecule has 2 rings (SSSR count). The van der Waals surface area contributed by atoms with E-state index in [0.717, 1.165) is 17.2 Å². The highest BCUT2D eigenvalue weighted by atomic mass is 32.1. The lowest BCUT2D eigenvalue weighted by atomic mass is 10.3. The molecule has 1 heterocycles. The lowest BCUT2D eigenvalue weighted by Crippen LogP contribution is -1.85. The zero-order valence-corrected chi connectivity index (χ0v) is 9.69. The number of anilines is 1. The largest absolute Gasteiger partial charge is 0.365 e. The molecule has 14 heavy (non-hydrogen) atoms. The number of aromatic nitrogens is 1. The summed E-state index contributed by atoms with van der Waals surface area (Å²) in [6.45, 7) is 4.00. The van der Waals surface area contributed by atoms with Gasteiger partial charge >= 0.3 is 0 Å². The molecule has 1 aliphatic rings. The van der Waals surface area contributed by atoms with Crippen LogP contribution in [0.5, 0.6) is 0 Å². The van der Waals surface area contributed by atoms with E-state index in [1.165, 1.54) is 4.88 Å². The Morgan fingerprint density at radius 1 is 1.36 bits per heavy atom. The molecule has 0 aliphatic heterocycles. The normalized spacial score (nSPS) is 12.5. The molecule has 0 radical (unpaired) electrons. The average molecular weight is 208 g/mol. The summed E-state index contributed by atoms with van der Waals surface area (Å²) in [5, 5.41) is 4.05. The molecule has 0 saturated carbocycles. The van der Waals surface area contributed by atoms with Crippen LogP contribution in [0.15, 0.2) is 18.2 Å². The van der Waals surface area contributed by atoms with E-state index in [4.69, 9.17) is 0 Å². The summed E-state index contributed by atoms with van der Waals surface area (Å²) in [6.07, 6.45) is 9.30. The molecule has 0 aromatic carbocycles. The van der Waals surface area contributed by atoms with Crippen molar-refractivity contribution >= 4 is 22.5 Å². The SMILES string of the molecule is CC.CNc1nc2c(s1)CC=CC=C2. The van der Waals surface area contributed by atoms with Crippen LogP contribution in [0.3, 0.4) is 0 Å². The highest BCUT2D eigenvalue weighted by Gasteiger charge is 2.06. The maximum Gasteiger partial charge on any atom is 0.183 e. The Morgan fingerprint density at radius 3 is 2.86 bits per heavy atom. The van der Waals surface area contributed by atoms with Crippen LogP contribution >= 0.6 is 11.3 Å². The van der Waals surface area contributed by atoms with Gasteiger partial charge in [-0.25, -0.2) is 4.98 Å². The van der Waals surface area contributed by atoms with Crippen molar-refractivity contribution in [2.45, 2.75) is 20.3 Å². The lowest BCUT2D eigenvalue weighted by molar-refractivity contribution is 1.26. The summed E-state index contributed by atoms with van der Waals surface area (Å²) < 4.78 is 0. The number of rotatable bonds is 1. The second kappa shape index (κ2) is 5.60. The maximum atomic E-state index is 4.41. The molecule has 0 atom stereocenters. The molecule has 3 heteroatoms. The molecule has 0 fully saturated rings. The Morgan fingerprint density at radius 2 is 2.14 bits per heavy atom. The zero-order chi connectivity index (χ0) is 10.4. The van der Waals surface area contributed by atoms with E-state index >= 15 is 0 Å². The van der Waals surface area contributed by atoms with Crippen molar-refractivity contribution in [3.8, 4) is 0 Å². The summed E-state index contributed by atoms with van der Waals surface area (Å²) in [5.74, 6) is 0. The van der Waals surface area contributed by atoms with Crippen LogP contribution in [0.2, 0.25) is 0 Å². The molecule has 2 nitrogen and oxygen atoms in total. The Balaban J connectivity index is 0.000000461. The number of hydrogen-bond donors (Lipinski definition) is 1. The number of allylic oxidation sites excluding steroid dienone is 3. The van der Waals surface area contributed by atoms with Gasteiger partial charge in [0.15, 0.2) is 5.13 Å². The minimum atomic E-state index is 1.000. The van der Waals surface area contributed by atoms with E-state index in [1.807, 2.05) is 27.0 Å². The van der Waals surface area contributed by atoms with Gasteiger partial charge in [-0.3, -0.25) is 0 Å². The molecular formula is C11H16N2S. The Labute approximate surface area is 89.4 Å². The number of thiazole rings is 1. The van der Waals surface area contributed by atoms with Gasteiger partial charge in [0.25, 0.3) is 0 Å². The molecule has 0 unspecified atom stereocenters. The summed E-state index contributed by atoms with van der Waals surface area (Å²) in [4.78, 5) is 5.75. The minimum Gasteiger partial charge on any atom is -0.365 e. The average Bonchev–Trinajstić information content (AvgIpc) is 2.52. The lowest BCUT2D eigenvalue weighted by Gasteiger charge is -1.87. The van der Waals surface area contributed by atoms with Gasteiger partial charge in [-0.15, -0.1) is 11.3 Å². The van der Waals surface area contributed by atoms with E-state index in [2.05, 4.69) is 28.5 Å². The van der Waals surface area contributed by atoms with Crippen LogP contribution in [0, 0.1) is 0 Å². The molecule has 1 aromatic heterocycles. The van der Waals surface area contributed by atoms with Crippen LogP contribution < -0.4 is 5.32 Å². The molecular weight excluding hydrogens is 192 g/mol. The van der Waals surface area contributed by atoms with Crippen molar-refractivity contribution in [2.24, 2.45) is 0 Å². The first kappa shape index (κ1) is 11.0. The second-order valence-electron chi connectivity index (χ2n) is 2.57. The van der Waals surface area contributed by atoms with Crippen molar-refractivity contribution in [3.05, 3.63) is 28.8 Å². The molecule has 0 amide bonds. The van der Waals surface area contributed by atoms with Crippen molar-refractivity contribution in [1.82, 2.24) is 4.98 Å². The number of fused-ring (bicyclic) bond motifs is 1. The Hall–Kier alpha value is -1.09. The molecule has 76 valence electrons. The third-order valence-electron chi connectivity index (χ3n) is 1.75. The quantitative estimate of drug-likeness (QED) is 0.765. The number of nitrogens with one attached hydrogen (secondary N) is 1. The van der Waals surface area contributed by atoms with Crippen LogP contribution in [0.4, 0.5) is 5.13 Å². The van der Waals surface area contributed by atoms with E-state index in [-0.39, 0.29) is 0 Å². The van der Waals surface area contributed by atoms with Crippen molar-refractivity contribution in [1.29, 1.82) is 0 Å². The topological polar surface area (TPSA) is 24.9 Å². The predicted molar refractivity (Wildman–Crippen MR) is 64.9 cm³/mol. The minimum absolute atomic E-state index is 1.000. The summed E-state index contributed by atoms with van der Waals surface area (Å²) in [6, 6.07) is 0. The standard InChI is InChI=1S/C9H10N2S.C2H6/c1-10-9-11-7-5-3-2-4-6-8(7)12-9;1-2/h2-5H,6H2,1H3,(H,10,11);1-2H3. The third kappa shape index (κ3) is 2.45. The molecule has 0 bridgehead atoms. The molecule has 0 spiro atoms. The molecule has 1 N–H and O–H groups in total. The van der Waals surface area contributed by atoms with Crippen LogP contribution in [-0.4, -0.2) is 12.0 Å². The molecule has 1 aromatic rings. The Kier molecular flexibility index (Phi) is 4.40. The van der Waals surface area contributed by atoms with Gasteiger partial charge < -0.3 is 5.32 Å². The maximum absolute atomic E-state index is 4.41. The predicted octanol–water partition coefficient (Wildman–Crippen LogP) is 3.34. The van der Waals surface area contributed by atoms with Crippen molar-refractivity contribution in [3.63, 3.8) is 0 Å². The fraction of sp³-hybridized carbons (Fsp3) is 0.364. The summed E-state index contributed by atoms with van der Waals surface area (Å²) >= 11 is 1.72. The van der Waals surface area contributed by atoms with Crippen LogP contribution in [-0.2, 0) is 6.42 Å². The highest BCUT2D eigenvalue weighted by molar-refractivity contribution is 7.15. The summed E-state index contributed by atoms with van der Waals surface area (Å²) in [7, 11) is 1.90. The first-order valence-corrected chi connectivity index (χ1v) is 5.72. The third-order valence-corrected chi connectivity index (χ3v) is 2.86. The van der Waals surface area contributed by atoms with Gasteiger partial charge in [0.1, 0.15) is 0 Å². The first-order valence-electron chi connectivity index (χ1n) is 4.91. The zero-order valence-electron chi connectivity index (χ0n) is 8.87. The highest BCUT2D eigenvalue weighted by Crippen LogP contribution is 2.25. The van der Waals surface area contributed by atoms with Crippen LogP contribution in [0.1, 0.15) is 24.4 Å². The van der Waals surface area contributed by atoms with Gasteiger partial charge in [0.05, 0.1) is 5.69 Å². The van der Waals surface area contributed by atoms with E-state index in [9.17, 15) is 0 Å². The number of hydrogen-bond acceptors (Lipinski definition) is 3. The van der Waals surface area contributed by atoms with Crippen molar-refractivity contribution in [2.75, 3.05) is 12.4 Å². The summed E-state index contributed by atoms with van der Waals surface area (Å²) in [5.41, 5.74) is 1.11.